The van der Waals surface area contributed by atoms with Crippen LogP contribution in [-0.2, 0) is 9.59 Å². The smallest absolute Gasteiger partial charge is 0.491 e. The average Bonchev–Trinajstić information content (AvgIpc) is 3.43. The Bertz CT molecular complexity index is 1490. The minimum absolute atomic E-state index is 0.0956. The lowest BCUT2D eigenvalue weighted by molar-refractivity contribution is -0.191. The van der Waals surface area contributed by atoms with Crippen molar-refractivity contribution >= 4 is 17.9 Å². The van der Waals surface area contributed by atoms with Gasteiger partial charge in [0.1, 0.15) is 17.8 Å². The monoisotopic (exact) mass is 603 g/mol. The highest BCUT2D eigenvalue weighted by atomic mass is 19.4. The number of rotatable bonds is 7. The molecule has 2 aromatic heterocycles. The number of anilines is 1. The zero-order valence-corrected chi connectivity index (χ0v) is 21.4. The van der Waals surface area contributed by atoms with Crippen LogP contribution in [0.25, 0.3) is 22.5 Å². The predicted octanol–water partition coefficient (Wildman–Crippen LogP) is 2.44. The molecule has 224 valence electrons. The quantitative estimate of drug-likeness (QED) is 0.230. The van der Waals surface area contributed by atoms with Gasteiger partial charge in [0.15, 0.2) is 11.5 Å². The Morgan fingerprint density at radius 3 is 2.19 bits per heavy atom. The number of aromatic nitrogens is 5. The van der Waals surface area contributed by atoms with E-state index in [1.54, 1.807) is 11.9 Å². The van der Waals surface area contributed by atoms with Gasteiger partial charge in [0.25, 0.3) is 0 Å². The first kappa shape index (κ1) is 30.2. The Kier molecular flexibility index (Phi) is 8.32. The van der Waals surface area contributed by atoms with Crippen LogP contribution in [0.4, 0.5) is 32.3 Å². The molecule has 0 radical (unpaired) electrons. The summed E-state index contributed by atoms with van der Waals surface area (Å²) in [5.41, 5.74) is -2.52. The Balaban J connectivity index is 1.94. The van der Waals surface area contributed by atoms with Crippen LogP contribution in [-0.4, -0.2) is 87.8 Å². The lowest BCUT2D eigenvalue weighted by Gasteiger charge is -2.20. The molecule has 19 heteroatoms. The van der Waals surface area contributed by atoms with Gasteiger partial charge in [-0.2, -0.15) is 26.3 Å². The van der Waals surface area contributed by atoms with Crippen LogP contribution in [0.2, 0.25) is 0 Å². The zero-order valence-electron chi connectivity index (χ0n) is 21.4. The lowest BCUT2D eigenvalue weighted by Crippen LogP contribution is -2.30. The first-order valence-corrected chi connectivity index (χ1v) is 11.7. The van der Waals surface area contributed by atoms with Gasteiger partial charge < -0.3 is 29.5 Å². The summed E-state index contributed by atoms with van der Waals surface area (Å²) in [6.07, 6.45) is -8.78. The molecule has 1 aromatic carbocycles. The Morgan fingerprint density at radius 1 is 0.976 bits per heavy atom. The number of carbonyl (C=O) groups excluding carboxylic acids is 2. The highest BCUT2D eigenvalue weighted by molar-refractivity contribution is 5.92. The number of aromatic hydroxyl groups is 1. The number of nitrogens with zero attached hydrogens (tertiary/aromatic N) is 6. The van der Waals surface area contributed by atoms with Crippen LogP contribution in [0.1, 0.15) is 6.42 Å². The van der Waals surface area contributed by atoms with E-state index in [2.05, 4.69) is 39.9 Å². The van der Waals surface area contributed by atoms with Crippen molar-refractivity contribution in [1.29, 1.82) is 0 Å². The Hall–Kier alpha value is -4.81. The first-order chi connectivity index (χ1) is 19.7. The van der Waals surface area contributed by atoms with Crippen LogP contribution < -0.4 is 24.4 Å². The van der Waals surface area contributed by atoms with E-state index in [1.807, 2.05) is 0 Å². The number of benzene rings is 1. The van der Waals surface area contributed by atoms with Crippen molar-refractivity contribution in [2.24, 2.45) is 0 Å². The summed E-state index contributed by atoms with van der Waals surface area (Å²) in [7, 11) is 2.93. The van der Waals surface area contributed by atoms with E-state index < -0.39 is 64.1 Å². The number of hydrogen-bond acceptors (Lipinski definition) is 13. The van der Waals surface area contributed by atoms with Gasteiger partial charge in [-0.1, -0.05) is 0 Å². The normalized spacial score (nSPS) is 15.4. The van der Waals surface area contributed by atoms with E-state index >= 15 is 0 Å². The number of alkyl halides is 6. The Labute approximate surface area is 231 Å². The molecule has 0 saturated carbocycles. The summed E-state index contributed by atoms with van der Waals surface area (Å²) in [5, 5.41) is 21.7. The molecule has 0 amide bonds. The fourth-order valence-electron chi connectivity index (χ4n) is 3.87. The maximum absolute atomic E-state index is 13.2. The van der Waals surface area contributed by atoms with Gasteiger partial charge >= 0.3 is 24.3 Å². The summed E-state index contributed by atoms with van der Waals surface area (Å²) in [5.74, 6) is -9.65. The van der Waals surface area contributed by atoms with Crippen LogP contribution in [0, 0.1) is 0 Å². The molecule has 0 spiro atoms. The summed E-state index contributed by atoms with van der Waals surface area (Å²) in [6, 6.07) is 1.82. The highest BCUT2D eigenvalue weighted by Gasteiger charge is 2.45. The molecule has 1 aliphatic heterocycles. The van der Waals surface area contributed by atoms with Crippen molar-refractivity contribution in [3.05, 3.63) is 24.7 Å². The second-order valence-corrected chi connectivity index (χ2v) is 8.56. The number of phenols is 1. The van der Waals surface area contributed by atoms with Crippen LogP contribution >= 0.6 is 0 Å². The van der Waals surface area contributed by atoms with E-state index in [-0.39, 0.29) is 17.9 Å². The average molecular weight is 603 g/mol. The summed E-state index contributed by atoms with van der Waals surface area (Å²) < 4.78 is 93.2. The van der Waals surface area contributed by atoms with E-state index in [0.29, 0.717) is 19.2 Å². The molecule has 3 heterocycles. The molecule has 1 unspecified atom stereocenters. The fourth-order valence-corrected chi connectivity index (χ4v) is 3.87. The molecular weight excluding hydrogens is 584 g/mol. The molecule has 1 fully saturated rings. The van der Waals surface area contributed by atoms with Crippen molar-refractivity contribution in [1.82, 2.24) is 30.5 Å². The molecule has 1 atom stereocenters. The van der Waals surface area contributed by atoms with E-state index in [1.165, 1.54) is 7.11 Å². The number of carbonyl (C=O) groups is 2. The second kappa shape index (κ2) is 11.6. The van der Waals surface area contributed by atoms with Crippen molar-refractivity contribution in [2.75, 3.05) is 32.1 Å². The summed E-state index contributed by atoms with van der Waals surface area (Å²) in [6.45, 7) is 1.02. The molecule has 4 rings (SSSR count). The van der Waals surface area contributed by atoms with Gasteiger partial charge in [-0.05, 0) is 19.5 Å². The molecule has 1 aliphatic rings. The summed E-state index contributed by atoms with van der Waals surface area (Å²) in [4.78, 5) is 37.1. The molecule has 42 heavy (non-hydrogen) atoms. The third-order valence-corrected chi connectivity index (χ3v) is 5.88. The topological polar surface area (TPSA) is 162 Å². The lowest BCUT2D eigenvalue weighted by atomic mass is 10.0. The Morgan fingerprint density at radius 2 is 1.64 bits per heavy atom. The van der Waals surface area contributed by atoms with Gasteiger partial charge in [0.2, 0.25) is 11.8 Å². The standard InChI is InChI=1S/C23H19F6N7O6/c1-30-10-3-4-36(8-10)21-31-7-13(34-35-21)16-14(37)5-11(12-6-15(40-2)33-9-32-12)17(41-19(38)22(24,25)26)18(16)42-20(39)23(27,28)29/h5-7,9-10,30,37H,3-4,8H2,1-2H3. The second-order valence-electron chi connectivity index (χ2n) is 8.56. The number of esters is 2. The van der Waals surface area contributed by atoms with Crippen molar-refractivity contribution < 1.29 is 55.2 Å². The van der Waals surface area contributed by atoms with Gasteiger partial charge in [-0.15, -0.1) is 10.2 Å². The largest absolute Gasteiger partial charge is 0.507 e. The van der Waals surface area contributed by atoms with Crippen molar-refractivity contribution in [2.45, 2.75) is 24.8 Å². The third-order valence-electron chi connectivity index (χ3n) is 5.88. The molecule has 13 nitrogen and oxygen atoms in total. The van der Waals surface area contributed by atoms with Gasteiger partial charge in [0.05, 0.1) is 30.1 Å². The number of phenolic OH excluding ortho intramolecular Hbond substituents is 1. The van der Waals surface area contributed by atoms with Crippen LogP contribution in [0.15, 0.2) is 24.7 Å². The van der Waals surface area contributed by atoms with E-state index in [4.69, 9.17) is 4.74 Å². The molecule has 3 aromatic rings. The van der Waals surface area contributed by atoms with Crippen molar-refractivity contribution in [3.63, 3.8) is 0 Å². The molecule has 1 saturated heterocycles. The van der Waals surface area contributed by atoms with Crippen LogP contribution in [0.3, 0.4) is 0 Å². The van der Waals surface area contributed by atoms with Gasteiger partial charge in [-0.25, -0.2) is 24.5 Å². The number of likely N-dealkylation sites (N-methyl/N-ethyl adjacent to an activating group) is 1. The SMILES string of the molecule is CNC1CCN(c2ncc(-c3c(O)cc(-c4cc(OC)ncn4)c(OC(=O)C(F)(F)F)c3OC(=O)C(F)(F)F)nn2)C1. The third kappa shape index (κ3) is 6.40. The molecule has 0 aliphatic carbocycles. The molecule has 0 bridgehead atoms. The zero-order chi connectivity index (χ0) is 30.8. The number of nitrogens with one attached hydrogen (secondary N) is 1. The van der Waals surface area contributed by atoms with Crippen molar-refractivity contribution in [3.8, 4) is 45.6 Å². The maximum atomic E-state index is 13.2. The fraction of sp³-hybridized carbons (Fsp3) is 0.348. The number of ether oxygens (including phenoxy) is 3. The van der Waals surface area contributed by atoms with Crippen LogP contribution in [0.5, 0.6) is 23.1 Å². The molecular formula is C23H19F6N7O6. The minimum Gasteiger partial charge on any atom is -0.507 e. The minimum atomic E-state index is -5.67. The van der Waals surface area contributed by atoms with Gasteiger partial charge in [0, 0.05) is 25.2 Å². The van der Waals surface area contributed by atoms with E-state index in [9.17, 15) is 41.0 Å². The predicted molar refractivity (Wildman–Crippen MR) is 128 cm³/mol. The number of halogens is 6. The highest BCUT2D eigenvalue weighted by Crippen LogP contribution is 2.50. The van der Waals surface area contributed by atoms with E-state index in [0.717, 1.165) is 25.0 Å². The first-order valence-electron chi connectivity index (χ1n) is 11.7. The number of methoxy groups -OCH3 is 1. The number of hydrogen-bond donors (Lipinski definition) is 2. The summed E-state index contributed by atoms with van der Waals surface area (Å²) >= 11 is 0. The maximum Gasteiger partial charge on any atom is 0.491 e. The molecule has 2 N–H and O–H groups in total. The van der Waals surface area contributed by atoms with Gasteiger partial charge in [-0.3, -0.25) is 0 Å².